The molecule has 0 radical (unpaired) electrons. The fourth-order valence-electron chi connectivity index (χ4n) is 1.33. The summed E-state index contributed by atoms with van der Waals surface area (Å²) in [5, 5.41) is 6.39. The number of rotatable bonds is 1. The third-order valence-electron chi connectivity index (χ3n) is 2.04. The first-order valence-electron chi connectivity index (χ1n) is 4.65. The van der Waals surface area contributed by atoms with Gasteiger partial charge in [-0.3, -0.25) is 4.79 Å². The van der Waals surface area contributed by atoms with Crippen molar-refractivity contribution in [3.8, 4) is 0 Å². The largest absolute Gasteiger partial charge is 0.292 e. The van der Waals surface area contributed by atoms with Crippen LogP contribution in [-0.2, 0) is 0 Å². The van der Waals surface area contributed by atoms with Gasteiger partial charge in [-0.05, 0) is 11.8 Å². The maximum atomic E-state index is 11.5. The zero-order valence-corrected chi connectivity index (χ0v) is 8.48. The Morgan fingerprint density at radius 3 is 2.93 bits per heavy atom. The summed E-state index contributed by atoms with van der Waals surface area (Å²) in [6.07, 6.45) is 3.05. The summed E-state index contributed by atoms with van der Waals surface area (Å²) in [4.78, 5) is 19.5. The highest BCUT2D eigenvalue weighted by Gasteiger charge is 2.15. The van der Waals surface area contributed by atoms with Gasteiger partial charge in [0.15, 0.2) is 5.69 Å². The van der Waals surface area contributed by atoms with E-state index in [2.05, 4.69) is 26.1 Å². The SMILES string of the molecule is CC(C)c1n[nH]c(=O)c2c1N=C=CC=N2. The molecule has 2 heterocycles. The van der Waals surface area contributed by atoms with E-state index < -0.39 is 0 Å². The number of aliphatic imine (C=N–C) groups is 2. The zero-order chi connectivity index (χ0) is 10.8. The molecule has 0 unspecified atom stereocenters. The van der Waals surface area contributed by atoms with E-state index in [9.17, 15) is 4.79 Å². The van der Waals surface area contributed by atoms with Gasteiger partial charge < -0.3 is 0 Å². The number of allylic oxidation sites excluding steroid dienone is 1. The van der Waals surface area contributed by atoms with Crippen LogP contribution in [0.25, 0.3) is 0 Å². The lowest BCUT2D eigenvalue weighted by molar-refractivity contribution is 0.779. The van der Waals surface area contributed by atoms with Gasteiger partial charge in [0.2, 0.25) is 0 Å². The molecule has 15 heavy (non-hydrogen) atoms. The summed E-state index contributed by atoms with van der Waals surface area (Å²) >= 11 is 0. The van der Waals surface area contributed by atoms with Crippen LogP contribution in [0.15, 0.2) is 20.9 Å². The fourth-order valence-corrected chi connectivity index (χ4v) is 1.33. The van der Waals surface area contributed by atoms with Crippen LogP contribution < -0.4 is 5.56 Å². The van der Waals surface area contributed by atoms with Gasteiger partial charge in [0.25, 0.3) is 5.56 Å². The van der Waals surface area contributed by atoms with Gasteiger partial charge in [-0.1, -0.05) is 13.8 Å². The second kappa shape index (κ2) is 3.63. The van der Waals surface area contributed by atoms with Crippen molar-refractivity contribution in [1.29, 1.82) is 0 Å². The summed E-state index contributed by atoms with van der Waals surface area (Å²) in [5.41, 5.74) is 1.21. The number of aromatic nitrogens is 2. The van der Waals surface area contributed by atoms with Gasteiger partial charge >= 0.3 is 0 Å². The average Bonchev–Trinajstić information content (AvgIpc) is 2.43. The smallest absolute Gasteiger partial charge is 0.265 e. The zero-order valence-electron chi connectivity index (χ0n) is 8.48. The van der Waals surface area contributed by atoms with Crippen molar-refractivity contribution in [1.82, 2.24) is 10.2 Å². The summed E-state index contributed by atoms with van der Waals surface area (Å²) < 4.78 is 0. The van der Waals surface area contributed by atoms with Crippen LogP contribution in [0.1, 0.15) is 25.5 Å². The molecule has 76 valence electrons. The van der Waals surface area contributed by atoms with Crippen molar-refractivity contribution in [3.63, 3.8) is 0 Å². The van der Waals surface area contributed by atoms with E-state index in [1.165, 1.54) is 6.21 Å². The summed E-state index contributed by atoms with van der Waals surface area (Å²) in [6, 6.07) is 0. The molecular weight excluding hydrogens is 192 g/mol. The van der Waals surface area contributed by atoms with Crippen LogP contribution in [0.2, 0.25) is 0 Å². The molecule has 0 bridgehead atoms. The minimum atomic E-state index is -0.327. The molecule has 0 spiro atoms. The fraction of sp³-hybridized carbons (Fsp3) is 0.300. The molecule has 0 saturated carbocycles. The van der Waals surface area contributed by atoms with Crippen molar-refractivity contribution >= 4 is 23.5 Å². The maximum Gasteiger partial charge on any atom is 0.292 e. The normalized spacial score (nSPS) is 13.0. The molecule has 0 fully saturated rings. The van der Waals surface area contributed by atoms with Gasteiger partial charge in [-0.25, -0.2) is 15.1 Å². The van der Waals surface area contributed by atoms with Crippen LogP contribution >= 0.6 is 0 Å². The average molecular weight is 202 g/mol. The Kier molecular flexibility index (Phi) is 2.31. The highest BCUT2D eigenvalue weighted by atomic mass is 16.1. The third-order valence-corrected chi connectivity index (χ3v) is 2.04. The quantitative estimate of drug-likeness (QED) is 0.749. The molecule has 0 amide bonds. The van der Waals surface area contributed by atoms with Crippen LogP contribution in [-0.4, -0.2) is 22.3 Å². The van der Waals surface area contributed by atoms with Crippen molar-refractivity contribution in [2.45, 2.75) is 19.8 Å². The summed E-state index contributed by atoms with van der Waals surface area (Å²) in [5.74, 6) is 2.86. The Labute approximate surface area is 86.3 Å². The number of nitrogens with one attached hydrogen (secondary N) is 1. The molecule has 5 nitrogen and oxygen atoms in total. The molecule has 1 aliphatic heterocycles. The highest BCUT2D eigenvalue weighted by Crippen LogP contribution is 2.30. The molecule has 0 aliphatic carbocycles. The van der Waals surface area contributed by atoms with Crippen LogP contribution in [0.4, 0.5) is 11.4 Å². The third kappa shape index (κ3) is 1.65. The van der Waals surface area contributed by atoms with Crippen molar-refractivity contribution in [3.05, 3.63) is 22.1 Å². The lowest BCUT2D eigenvalue weighted by atomic mass is 10.1. The molecule has 0 saturated heterocycles. The number of H-pyrrole nitrogens is 1. The first-order chi connectivity index (χ1) is 7.20. The van der Waals surface area contributed by atoms with Crippen LogP contribution in [0.5, 0.6) is 0 Å². The van der Waals surface area contributed by atoms with E-state index >= 15 is 0 Å². The topological polar surface area (TPSA) is 70.5 Å². The Morgan fingerprint density at radius 2 is 2.20 bits per heavy atom. The maximum absolute atomic E-state index is 11.5. The Bertz CT molecular complexity index is 533. The number of nitrogens with zero attached hydrogens (tertiary/aromatic N) is 3. The van der Waals surface area contributed by atoms with Crippen molar-refractivity contribution < 1.29 is 0 Å². The van der Waals surface area contributed by atoms with E-state index in [1.54, 1.807) is 6.08 Å². The molecule has 2 rings (SSSR count). The molecule has 1 aliphatic rings. The second-order valence-electron chi connectivity index (χ2n) is 3.48. The standard InChI is InChI=1S/C10H10N4O/c1-6(2)7-8-9(10(15)14-13-7)12-5-3-4-11-8/h3,5-6H,1-2H3,(H,14,15). The highest BCUT2D eigenvalue weighted by molar-refractivity contribution is 5.89. The number of aromatic amines is 1. The molecule has 1 aromatic heterocycles. The van der Waals surface area contributed by atoms with E-state index in [4.69, 9.17) is 0 Å². The van der Waals surface area contributed by atoms with Crippen LogP contribution in [0.3, 0.4) is 0 Å². The summed E-state index contributed by atoms with van der Waals surface area (Å²) in [7, 11) is 0. The summed E-state index contributed by atoms with van der Waals surface area (Å²) in [6.45, 7) is 3.96. The second-order valence-corrected chi connectivity index (χ2v) is 3.48. The van der Waals surface area contributed by atoms with Crippen molar-refractivity contribution in [2.24, 2.45) is 9.98 Å². The monoisotopic (exact) mass is 202 g/mol. The lowest BCUT2D eigenvalue weighted by Gasteiger charge is -2.07. The lowest BCUT2D eigenvalue weighted by Crippen LogP contribution is -2.10. The predicted molar refractivity (Wildman–Crippen MR) is 58.8 cm³/mol. The van der Waals surface area contributed by atoms with Gasteiger partial charge in [0, 0.05) is 12.3 Å². The van der Waals surface area contributed by atoms with E-state index in [0.29, 0.717) is 11.4 Å². The molecular formula is C10H10N4O. The van der Waals surface area contributed by atoms with E-state index in [1.807, 2.05) is 13.8 Å². The molecule has 0 aromatic carbocycles. The number of fused-ring (bicyclic) bond motifs is 1. The van der Waals surface area contributed by atoms with Gasteiger partial charge in [-0.15, -0.1) is 0 Å². The molecule has 1 aromatic rings. The number of hydrogen-bond donors (Lipinski definition) is 1. The Hall–Kier alpha value is -2.00. The van der Waals surface area contributed by atoms with Gasteiger partial charge in [0.05, 0.1) is 5.69 Å². The minimum Gasteiger partial charge on any atom is -0.265 e. The molecule has 1 N–H and O–H groups in total. The van der Waals surface area contributed by atoms with Gasteiger partial charge in [-0.2, -0.15) is 5.10 Å². The first kappa shape index (κ1) is 9.55. The number of hydrogen-bond acceptors (Lipinski definition) is 4. The van der Waals surface area contributed by atoms with Crippen LogP contribution in [0, 0.1) is 0 Å². The Morgan fingerprint density at radius 1 is 1.40 bits per heavy atom. The van der Waals surface area contributed by atoms with E-state index in [0.717, 1.165) is 5.69 Å². The predicted octanol–water partition coefficient (Wildman–Crippen LogP) is 1.47. The van der Waals surface area contributed by atoms with E-state index in [-0.39, 0.29) is 11.5 Å². The van der Waals surface area contributed by atoms with Gasteiger partial charge in [0.1, 0.15) is 5.69 Å². The molecule has 5 heteroatoms. The first-order valence-corrected chi connectivity index (χ1v) is 4.65. The Balaban J connectivity index is 2.79. The minimum absolute atomic E-state index is 0.175. The van der Waals surface area contributed by atoms with Crippen molar-refractivity contribution in [2.75, 3.05) is 0 Å². The molecule has 0 atom stereocenters.